The van der Waals surface area contributed by atoms with Crippen molar-refractivity contribution < 1.29 is 4.58 Å². The fourth-order valence-electron chi connectivity index (χ4n) is 1.63. The molecular formula is C15H20N+. The Morgan fingerprint density at radius 1 is 1.06 bits per heavy atom. The maximum atomic E-state index is 3.64. The van der Waals surface area contributed by atoms with Crippen LogP contribution in [-0.2, 0) is 0 Å². The van der Waals surface area contributed by atoms with Crippen LogP contribution in [0.15, 0.2) is 60.8 Å². The average molecular weight is 214 g/mol. The summed E-state index contributed by atoms with van der Waals surface area (Å²) in [6.07, 6.45) is 16.4. The van der Waals surface area contributed by atoms with Crippen molar-refractivity contribution in [2.45, 2.75) is 13.8 Å². The summed E-state index contributed by atoms with van der Waals surface area (Å²) in [6, 6.07) is 0. The molecule has 1 aliphatic rings. The maximum Gasteiger partial charge on any atom is 0.199 e. The summed E-state index contributed by atoms with van der Waals surface area (Å²) in [7, 11) is 0. The van der Waals surface area contributed by atoms with Gasteiger partial charge in [0.05, 0.1) is 0 Å². The fourth-order valence-corrected chi connectivity index (χ4v) is 1.63. The molecule has 0 atom stereocenters. The van der Waals surface area contributed by atoms with Gasteiger partial charge in [0.15, 0.2) is 5.71 Å². The lowest BCUT2D eigenvalue weighted by Crippen LogP contribution is -2.18. The van der Waals surface area contributed by atoms with E-state index >= 15 is 0 Å². The molecule has 0 aliphatic heterocycles. The summed E-state index contributed by atoms with van der Waals surface area (Å²) in [4.78, 5) is 0. The average Bonchev–Trinajstić information content (AvgIpc) is 2.33. The topological polar surface area (TPSA) is 3.01 Å². The summed E-state index contributed by atoms with van der Waals surface area (Å²) in [5, 5.41) is 0. The Hall–Kier alpha value is -1.63. The van der Waals surface area contributed by atoms with Crippen molar-refractivity contribution in [3.8, 4) is 0 Å². The van der Waals surface area contributed by atoms with Gasteiger partial charge in [0.2, 0.25) is 0 Å². The Bertz CT molecular complexity index is 366. The molecule has 0 amide bonds. The molecule has 0 N–H and O–H groups in total. The molecule has 16 heavy (non-hydrogen) atoms. The molecule has 0 saturated heterocycles. The molecule has 0 fully saturated rings. The van der Waals surface area contributed by atoms with Gasteiger partial charge in [0.25, 0.3) is 0 Å². The van der Waals surface area contributed by atoms with Crippen LogP contribution >= 0.6 is 0 Å². The molecule has 1 heteroatoms. The van der Waals surface area contributed by atoms with Gasteiger partial charge < -0.3 is 0 Å². The lowest BCUT2D eigenvalue weighted by molar-refractivity contribution is -0.519. The summed E-state index contributed by atoms with van der Waals surface area (Å²) in [5.41, 5.74) is 2.50. The van der Waals surface area contributed by atoms with Crippen LogP contribution in [0.5, 0.6) is 0 Å². The van der Waals surface area contributed by atoms with Crippen molar-refractivity contribution in [2.24, 2.45) is 0 Å². The molecule has 0 saturated carbocycles. The summed E-state index contributed by atoms with van der Waals surface area (Å²) in [6.45, 7) is 10.1. The van der Waals surface area contributed by atoms with Gasteiger partial charge in [-0.05, 0) is 31.6 Å². The molecule has 0 aromatic heterocycles. The zero-order chi connectivity index (χ0) is 11.8. The van der Waals surface area contributed by atoms with Crippen molar-refractivity contribution in [1.29, 1.82) is 0 Å². The van der Waals surface area contributed by atoms with Gasteiger partial charge >= 0.3 is 0 Å². The standard InChI is InChI=1S/C15H20N/c1-4-7-8-9-14-10-12-15(13-11-14)16(5-2)6-3/h4,7-13H,1,5-6H2,2-3H3/q+1/b8-7+. The second-order valence-corrected chi connectivity index (χ2v) is 3.55. The third kappa shape index (κ3) is 3.50. The number of nitrogens with zero attached hydrogens (tertiary/aromatic N) is 1. The van der Waals surface area contributed by atoms with E-state index in [-0.39, 0.29) is 0 Å². The highest BCUT2D eigenvalue weighted by Crippen LogP contribution is 2.07. The predicted molar refractivity (Wildman–Crippen MR) is 72.0 cm³/mol. The molecule has 1 aliphatic carbocycles. The molecule has 0 unspecified atom stereocenters. The number of hydrogen-bond acceptors (Lipinski definition) is 0. The first-order valence-corrected chi connectivity index (χ1v) is 5.79. The van der Waals surface area contributed by atoms with Crippen molar-refractivity contribution in [3.63, 3.8) is 0 Å². The minimum absolute atomic E-state index is 1.05. The number of allylic oxidation sites excluding steroid dienone is 9. The molecule has 0 radical (unpaired) electrons. The van der Waals surface area contributed by atoms with Crippen LogP contribution in [0, 0.1) is 0 Å². The molecule has 0 aromatic rings. The normalized spacial score (nSPS) is 14.6. The Morgan fingerprint density at radius 3 is 2.19 bits per heavy atom. The van der Waals surface area contributed by atoms with Crippen molar-refractivity contribution in [1.82, 2.24) is 0 Å². The van der Waals surface area contributed by atoms with Crippen molar-refractivity contribution in [3.05, 3.63) is 60.8 Å². The van der Waals surface area contributed by atoms with E-state index in [1.807, 2.05) is 12.2 Å². The molecule has 0 spiro atoms. The van der Waals surface area contributed by atoms with E-state index in [0.29, 0.717) is 0 Å². The Balaban J connectivity index is 2.80. The van der Waals surface area contributed by atoms with Gasteiger partial charge in [-0.2, -0.15) is 0 Å². The highest BCUT2D eigenvalue weighted by Gasteiger charge is 2.07. The monoisotopic (exact) mass is 214 g/mol. The van der Waals surface area contributed by atoms with E-state index < -0.39 is 0 Å². The van der Waals surface area contributed by atoms with Gasteiger partial charge in [-0.25, -0.2) is 4.58 Å². The quantitative estimate of drug-likeness (QED) is 0.499. The summed E-state index contributed by atoms with van der Waals surface area (Å²) < 4.78 is 2.34. The first-order valence-electron chi connectivity index (χ1n) is 5.79. The number of hydrogen-bond donors (Lipinski definition) is 0. The van der Waals surface area contributed by atoms with Crippen LogP contribution in [0.1, 0.15) is 13.8 Å². The molecule has 1 rings (SSSR count). The molecule has 84 valence electrons. The lowest BCUT2D eigenvalue weighted by atomic mass is 10.1. The van der Waals surface area contributed by atoms with E-state index in [1.54, 1.807) is 6.08 Å². The third-order valence-corrected chi connectivity index (χ3v) is 2.56. The smallest absolute Gasteiger partial charge is 0.199 e. The van der Waals surface area contributed by atoms with Crippen molar-refractivity contribution in [2.75, 3.05) is 13.1 Å². The molecule has 0 heterocycles. The second kappa shape index (κ2) is 6.78. The number of rotatable bonds is 4. The first kappa shape index (κ1) is 12.4. The van der Waals surface area contributed by atoms with E-state index in [9.17, 15) is 0 Å². The Morgan fingerprint density at radius 2 is 1.69 bits per heavy atom. The van der Waals surface area contributed by atoms with Crippen molar-refractivity contribution >= 4 is 5.71 Å². The Kier molecular flexibility index (Phi) is 5.27. The van der Waals surface area contributed by atoms with Crippen LogP contribution in [0.2, 0.25) is 0 Å². The van der Waals surface area contributed by atoms with E-state index in [0.717, 1.165) is 13.1 Å². The second-order valence-electron chi connectivity index (χ2n) is 3.55. The maximum absolute atomic E-state index is 3.64. The van der Waals surface area contributed by atoms with Gasteiger partial charge in [-0.1, -0.05) is 30.9 Å². The predicted octanol–water partition coefficient (Wildman–Crippen LogP) is 3.27. The lowest BCUT2D eigenvalue weighted by Gasteiger charge is -2.04. The van der Waals surface area contributed by atoms with Crippen LogP contribution in [0.25, 0.3) is 0 Å². The van der Waals surface area contributed by atoms with E-state index in [2.05, 4.69) is 55.4 Å². The summed E-state index contributed by atoms with van der Waals surface area (Å²) in [5.74, 6) is 0. The highest BCUT2D eigenvalue weighted by atomic mass is 15.0. The third-order valence-electron chi connectivity index (χ3n) is 2.56. The highest BCUT2D eigenvalue weighted by molar-refractivity contribution is 6.02. The van der Waals surface area contributed by atoms with Crippen LogP contribution in [0.3, 0.4) is 0 Å². The SMILES string of the molecule is C=C/C=C/C=C1C=CC(=[N+](CC)CC)C=C1. The van der Waals surface area contributed by atoms with Gasteiger partial charge in [0.1, 0.15) is 13.1 Å². The largest absolute Gasteiger partial charge is 0.231 e. The summed E-state index contributed by atoms with van der Waals surface area (Å²) >= 11 is 0. The molecular weight excluding hydrogens is 194 g/mol. The minimum atomic E-state index is 1.05. The zero-order valence-electron chi connectivity index (χ0n) is 10.2. The van der Waals surface area contributed by atoms with E-state index in [4.69, 9.17) is 0 Å². The molecule has 0 aromatic carbocycles. The van der Waals surface area contributed by atoms with Crippen LogP contribution in [-0.4, -0.2) is 23.4 Å². The molecule has 0 bridgehead atoms. The van der Waals surface area contributed by atoms with Gasteiger partial charge in [-0.3, -0.25) is 0 Å². The first-order chi connectivity index (χ1) is 7.81. The fraction of sp³-hybridized carbons (Fsp3) is 0.267. The van der Waals surface area contributed by atoms with E-state index in [1.165, 1.54) is 11.3 Å². The zero-order valence-corrected chi connectivity index (χ0v) is 10.2. The van der Waals surface area contributed by atoms with Gasteiger partial charge in [0, 0.05) is 12.2 Å². The van der Waals surface area contributed by atoms with Crippen LogP contribution < -0.4 is 0 Å². The Labute approximate surface area is 98.5 Å². The minimum Gasteiger partial charge on any atom is -0.231 e. The van der Waals surface area contributed by atoms with Gasteiger partial charge in [-0.15, -0.1) is 0 Å². The molecule has 1 nitrogen and oxygen atoms in total. The van der Waals surface area contributed by atoms with Crippen LogP contribution in [0.4, 0.5) is 0 Å².